The molecule has 1 fully saturated rings. The summed E-state index contributed by atoms with van der Waals surface area (Å²) in [5, 5.41) is 37.5. The quantitative estimate of drug-likeness (QED) is 0.471. The second-order valence-electron chi connectivity index (χ2n) is 3.99. The molecular weight excluding hydrogens is 228 g/mol. The Kier molecular flexibility index (Phi) is 5.87. The molecular formula is C11H20O6. The Labute approximate surface area is 100 Å². The summed E-state index contributed by atoms with van der Waals surface area (Å²) in [5.74, 6) is 0. The maximum absolute atomic E-state index is 9.60. The molecule has 1 aliphatic rings. The molecule has 0 spiro atoms. The molecule has 1 unspecified atom stereocenters. The lowest BCUT2D eigenvalue weighted by molar-refractivity contribution is -0.287. The first-order valence-corrected chi connectivity index (χ1v) is 5.72. The molecule has 0 bridgehead atoms. The van der Waals surface area contributed by atoms with Gasteiger partial charge in [0.1, 0.15) is 24.4 Å². The first kappa shape index (κ1) is 14.4. The van der Waals surface area contributed by atoms with Crippen LogP contribution in [0, 0.1) is 0 Å². The Bertz CT molecular complexity index is 242. The first-order chi connectivity index (χ1) is 8.11. The maximum Gasteiger partial charge on any atom is 0.228 e. The number of hydrogen-bond donors (Lipinski definition) is 4. The van der Waals surface area contributed by atoms with Crippen molar-refractivity contribution in [2.45, 2.75) is 50.5 Å². The average molecular weight is 248 g/mol. The van der Waals surface area contributed by atoms with Crippen molar-refractivity contribution in [3.63, 3.8) is 0 Å². The van der Waals surface area contributed by atoms with Gasteiger partial charge in [0.25, 0.3) is 0 Å². The molecule has 0 aromatic rings. The van der Waals surface area contributed by atoms with Crippen molar-refractivity contribution < 1.29 is 29.9 Å². The van der Waals surface area contributed by atoms with Gasteiger partial charge in [-0.2, -0.15) is 0 Å². The van der Waals surface area contributed by atoms with Crippen LogP contribution in [-0.2, 0) is 9.47 Å². The van der Waals surface area contributed by atoms with E-state index in [0.717, 1.165) is 12.8 Å². The third kappa shape index (κ3) is 3.65. The highest BCUT2D eigenvalue weighted by Crippen LogP contribution is 2.22. The minimum Gasteiger partial charge on any atom is -0.470 e. The van der Waals surface area contributed by atoms with Crippen LogP contribution in [0.1, 0.15) is 19.8 Å². The first-order valence-electron chi connectivity index (χ1n) is 5.72. The van der Waals surface area contributed by atoms with Gasteiger partial charge in [0.15, 0.2) is 0 Å². The van der Waals surface area contributed by atoms with Crippen molar-refractivity contribution >= 4 is 0 Å². The third-order valence-corrected chi connectivity index (χ3v) is 2.61. The molecule has 17 heavy (non-hydrogen) atoms. The van der Waals surface area contributed by atoms with Gasteiger partial charge in [-0.3, -0.25) is 0 Å². The van der Waals surface area contributed by atoms with Crippen molar-refractivity contribution in [2.24, 2.45) is 0 Å². The molecule has 5 atom stereocenters. The van der Waals surface area contributed by atoms with E-state index in [9.17, 15) is 15.3 Å². The summed E-state index contributed by atoms with van der Waals surface area (Å²) in [7, 11) is 0. The number of unbranched alkanes of at least 4 members (excludes halogenated alkanes) is 1. The number of aliphatic hydroxyl groups excluding tert-OH is 4. The van der Waals surface area contributed by atoms with Crippen LogP contribution in [0.2, 0.25) is 0 Å². The van der Waals surface area contributed by atoms with Gasteiger partial charge in [0, 0.05) is 0 Å². The van der Waals surface area contributed by atoms with E-state index in [4.69, 9.17) is 14.6 Å². The summed E-state index contributed by atoms with van der Waals surface area (Å²) in [4.78, 5) is 0. The summed E-state index contributed by atoms with van der Waals surface area (Å²) < 4.78 is 10.2. The SMILES string of the molecule is CCCC=COC1O[C@H](CO)[C@@H](O)[C@H](O)[C@H]1O. The lowest BCUT2D eigenvalue weighted by atomic mass is 9.99. The zero-order valence-corrected chi connectivity index (χ0v) is 9.77. The van der Waals surface area contributed by atoms with E-state index in [0.29, 0.717) is 0 Å². The average Bonchev–Trinajstić information content (AvgIpc) is 2.34. The maximum atomic E-state index is 9.60. The van der Waals surface area contributed by atoms with Crippen LogP contribution in [0.15, 0.2) is 12.3 Å². The second kappa shape index (κ2) is 6.93. The Morgan fingerprint density at radius 2 is 1.88 bits per heavy atom. The minimum atomic E-state index is -1.40. The summed E-state index contributed by atoms with van der Waals surface area (Å²) in [6, 6.07) is 0. The molecule has 1 rings (SSSR count). The Balaban J connectivity index is 2.53. The zero-order chi connectivity index (χ0) is 12.8. The normalized spacial score (nSPS) is 38.5. The molecule has 1 aliphatic heterocycles. The van der Waals surface area contributed by atoms with E-state index in [2.05, 4.69) is 0 Å². The molecule has 0 aliphatic carbocycles. The molecule has 4 N–H and O–H groups in total. The van der Waals surface area contributed by atoms with E-state index >= 15 is 0 Å². The summed E-state index contributed by atoms with van der Waals surface area (Å²) >= 11 is 0. The largest absolute Gasteiger partial charge is 0.470 e. The van der Waals surface area contributed by atoms with E-state index in [1.165, 1.54) is 6.26 Å². The fraction of sp³-hybridized carbons (Fsp3) is 0.818. The van der Waals surface area contributed by atoms with Crippen LogP contribution in [0.3, 0.4) is 0 Å². The molecule has 100 valence electrons. The lowest BCUT2D eigenvalue weighted by Gasteiger charge is -2.39. The number of aliphatic hydroxyl groups is 4. The molecule has 0 aromatic heterocycles. The van der Waals surface area contributed by atoms with E-state index in [1.807, 2.05) is 6.92 Å². The van der Waals surface area contributed by atoms with Crippen molar-refractivity contribution in [2.75, 3.05) is 6.61 Å². The monoisotopic (exact) mass is 248 g/mol. The minimum absolute atomic E-state index is 0.455. The van der Waals surface area contributed by atoms with Gasteiger partial charge in [0.05, 0.1) is 12.9 Å². The van der Waals surface area contributed by atoms with Crippen molar-refractivity contribution in [1.82, 2.24) is 0 Å². The standard InChI is InChI=1S/C11H20O6/c1-2-3-4-5-16-11-10(15)9(14)8(13)7(6-12)17-11/h4-5,7-15H,2-3,6H2,1H3/t7-,8-,9+,10-,11?/m1/s1. The zero-order valence-electron chi connectivity index (χ0n) is 9.77. The van der Waals surface area contributed by atoms with Crippen molar-refractivity contribution in [3.8, 4) is 0 Å². The highest BCUT2D eigenvalue weighted by molar-refractivity contribution is 4.89. The molecule has 0 amide bonds. The molecule has 0 radical (unpaired) electrons. The van der Waals surface area contributed by atoms with Gasteiger partial charge in [0.2, 0.25) is 6.29 Å². The van der Waals surface area contributed by atoms with E-state index < -0.39 is 37.3 Å². The van der Waals surface area contributed by atoms with Crippen LogP contribution >= 0.6 is 0 Å². The fourth-order valence-electron chi connectivity index (χ4n) is 1.55. The number of rotatable bonds is 5. The number of ether oxygens (including phenoxy) is 2. The molecule has 6 heteroatoms. The number of hydrogen-bond acceptors (Lipinski definition) is 6. The highest BCUT2D eigenvalue weighted by atomic mass is 16.7. The lowest BCUT2D eigenvalue weighted by Crippen LogP contribution is -2.58. The van der Waals surface area contributed by atoms with Crippen LogP contribution < -0.4 is 0 Å². The topological polar surface area (TPSA) is 99.4 Å². The smallest absolute Gasteiger partial charge is 0.228 e. The predicted molar refractivity (Wildman–Crippen MR) is 58.9 cm³/mol. The van der Waals surface area contributed by atoms with Crippen LogP contribution in [-0.4, -0.2) is 57.7 Å². The Morgan fingerprint density at radius 1 is 1.18 bits per heavy atom. The van der Waals surface area contributed by atoms with Gasteiger partial charge in [-0.1, -0.05) is 13.3 Å². The number of allylic oxidation sites excluding steroid dienone is 1. The van der Waals surface area contributed by atoms with Gasteiger partial charge >= 0.3 is 0 Å². The molecule has 1 saturated heterocycles. The Hall–Kier alpha value is -0.660. The summed E-state index contributed by atoms with van der Waals surface area (Å²) in [6.07, 6.45) is -1.17. The molecule has 0 aromatic carbocycles. The van der Waals surface area contributed by atoms with Crippen molar-refractivity contribution in [1.29, 1.82) is 0 Å². The molecule has 6 nitrogen and oxygen atoms in total. The van der Waals surface area contributed by atoms with Gasteiger partial charge in [-0.15, -0.1) is 0 Å². The highest BCUT2D eigenvalue weighted by Gasteiger charge is 2.44. The fourth-order valence-corrected chi connectivity index (χ4v) is 1.55. The molecule has 1 heterocycles. The van der Waals surface area contributed by atoms with Gasteiger partial charge < -0.3 is 29.9 Å². The van der Waals surface area contributed by atoms with Crippen LogP contribution in [0.4, 0.5) is 0 Å². The van der Waals surface area contributed by atoms with Crippen LogP contribution in [0.5, 0.6) is 0 Å². The van der Waals surface area contributed by atoms with Gasteiger partial charge in [-0.25, -0.2) is 0 Å². The summed E-state index contributed by atoms with van der Waals surface area (Å²) in [6.45, 7) is 1.56. The molecule has 0 saturated carbocycles. The summed E-state index contributed by atoms with van der Waals surface area (Å²) in [5.41, 5.74) is 0. The second-order valence-corrected chi connectivity index (χ2v) is 3.99. The predicted octanol–water partition coefficient (Wildman–Crippen LogP) is -0.883. The third-order valence-electron chi connectivity index (χ3n) is 2.61. The van der Waals surface area contributed by atoms with Crippen molar-refractivity contribution in [3.05, 3.63) is 12.3 Å². The van der Waals surface area contributed by atoms with E-state index in [-0.39, 0.29) is 0 Å². The van der Waals surface area contributed by atoms with E-state index in [1.54, 1.807) is 6.08 Å². The van der Waals surface area contributed by atoms with Crippen LogP contribution in [0.25, 0.3) is 0 Å². The Morgan fingerprint density at radius 3 is 2.47 bits per heavy atom. The van der Waals surface area contributed by atoms with Gasteiger partial charge in [-0.05, 0) is 12.5 Å².